The molecule has 1 atom stereocenters. The summed E-state index contributed by atoms with van der Waals surface area (Å²) in [7, 11) is 0. The molecule has 0 aliphatic rings. The number of guanidine groups is 1. The van der Waals surface area contributed by atoms with Crippen molar-refractivity contribution in [1.82, 2.24) is 20.8 Å². The van der Waals surface area contributed by atoms with Gasteiger partial charge in [-0.15, -0.1) is 24.0 Å². The minimum Gasteiger partial charge on any atom is -0.486 e. The van der Waals surface area contributed by atoms with E-state index in [1.807, 2.05) is 13.8 Å². The van der Waals surface area contributed by atoms with Crippen molar-refractivity contribution in [3.05, 3.63) is 41.8 Å². The first-order valence-electron chi connectivity index (χ1n) is 7.81. The third-order valence-corrected chi connectivity index (χ3v) is 3.01. The molecule has 1 heterocycles. The zero-order valence-corrected chi connectivity index (χ0v) is 16.8. The molecule has 9 heteroatoms. The third-order valence-electron chi connectivity index (χ3n) is 3.01. The highest BCUT2D eigenvalue weighted by molar-refractivity contribution is 14.0. The highest BCUT2D eigenvalue weighted by Gasteiger charge is 2.09. The van der Waals surface area contributed by atoms with Crippen LogP contribution >= 0.6 is 24.0 Å². The average Bonchev–Trinajstić information content (AvgIpc) is 2.98. The van der Waals surface area contributed by atoms with E-state index in [1.165, 1.54) is 6.07 Å². The van der Waals surface area contributed by atoms with Crippen molar-refractivity contribution in [2.24, 2.45) is 4.99 Å². The van der Waals surface area contributed by atoms with Crippen LogP contribution < -0.4 is 15.4 Å². The van der Waals surface area contributed by atoms with Crippen LogP contribution in [0.2, 0.25) is 0 Å². The molecule has 0 fully saturated rings. The molecule has 2 N–H and O–H groups in total. The number of hydrogen-bond acceptors (Lipinski definition) is 5. The Morgan fingerprint density at radius 1 is 1.36 bits per heavy atom. The van der Waals surface area contributed by atoms with Gasteiger partial charge in [-0.2, -0.15) is 4.98 Å². The fourth-order valence-corrected chi connectivity index (χ4v) is 1.93. The Kier molecular flexibility index (Phi) is 9.17. The monoisotopic (exact) mass is 463 g/mol. The summed E-state index contributed by atoms with van der Waals surface area (Å²) in [5.41, 5.74) is 0. The van der Waals surface area contributed by atoms with Crippen molar-refractivity contribution in [1.29, 1.82) is 0 Å². The fourth-order valence-electron chi connectivity index (χ4n) is 1.93. The summed E-state index contributed by atoms with van der Waals surface area (Å²) >= 11 is 0. The number of nitrogens with one attached hydrogen (secondary N) is 2. The Hall–Kier alpha value is -1.91. The van der Waals surface area contributed by atoms with Gasteiger partial charge < -0.3 is 19.9 Å². The Labute approximate surface area is 163 Å². The fraction of sp³-hybridized carbons (Fsp3) is 0.438. The van der Waals surface area contributed by atoms with Crippen LogP contribution in [0.5, 0.6) is 5.75 Å². The van der Waals surface area contributed by atoms with Gasteiger partial charge in [-0.1, -0.05) is 17.3 Å². The standard InChI is InChI=1S/C16H22FN5O2.HI/c1-4-18-16(20-10-15-21-12(3)22-24-15)19-9-11(2)23-14-8-6-5-7-13(14)17;/h5-8,11H,4,9-10H2,1-3H3,(H2,18,19,20);1H. The van der Waals surface area contributed by atoms with E-state index in [9.17, 15) is 4.39 Å². The maximum atomic E-state index is 13.6. The van der Waals surface area contributed by atoms with Gasteiger partial charge in [0.2, 0.25) is 5.89 Å². The summed E-state index contributed by atoms with van der Waals surface area (Å²) in [5.74, 6) is 1.47. The van der Waals surface area contributed by atoms with E-state index in [-0.39, 0.29) is 48.2 Å². The van der Waals surface area contributed by atoms with E-state index in [2.05, 4.69) is 25.8 Å². The largest absolute Gasteiger partial charge is 0.486 e. The van der Waals surface area contributed by atoms with Crippen molar-refractivity contribution in [2.45, 2.75) is 33.4 Å². The first-order chi connectivity index (χ1) is 11.6. The van der Waals surface area contributed by atoms with Crippen LogP contribution in [-0.4, -0.2) is 35.3 Å². The molecule has 1 unspecified atom stereocenters. The van der Waals surface area contributed by atoms with Gasteiger partial charge in [0.1, 0.15) is 12.6 Å². The summed E-state index contributed by atoms with van der Waals surface area (Å²) in [6.45, 7) is 7.01. The number of hydrogen-bond donors (Lipinski definition) is 2. The second kappa shape index (κ2) is 10.9. The predicted octanol–water partition coefficient (Wildman–Crippen LogP) is 2.66. The smallest absolute Gasteiger partial charge is 0.248 e. The molecule has 1 aromatic carbocycles. The van der Waals surface area contributed by atoms with Crippen LogP contribution in [0.25, 0.3) is 0 Å². The van der Waals surface area contributed by atoms with Gasteiger partial charge >= 0.3 is 0 Å². The van der Waals surface area contributed by atoms with E-state index in [4.69, 9.17) is 9.26 Å². The Morgan fingerprint density at radius 2 is 2.12 bits per heavy atom. The Bertz CT molecular complexity index is 680. The predicted molar refractivity (Wildman–Crippen MR) is 104 cm³/mol. The molecular formula is C16H23FIN5O2. The van der Waals surface area contributed by atoms with Gasteiger partial charge in [-0.05, 0) is 32.9 Å². The molecule has 0 radical (unpaired) electrons. The zero-order chi connectivity index (χ0) is 17.4. The van der Waals surface area contributed by atoms with E-state index >= 15 is 0 Å². The molecule has 138 valence electrons. The first-order valence-corrected chi connectivity index (χ1v) is 7.81. The Balaban J connectivity index is 0.00000312. The number of ether oxygens (including phenoxy) is 1. The van der Waals surface area contributed by atoms with Gasteiger partial charge in [-0.25, -0.2) is 9.38 Å². The van der Waals surface area contributed by atoms with E-state index in [0.717, 1.165) is 0 Å². The molecule has 7 nitrogen and oxygen atoms in total. The molecule has 0 aliphatic heterocycles. The summed E-state index contributed by atoms with van der Waals surface area (Å²) in [4.78, 5) is 8.46. The summed E-state index contributed by atoms with van der Waals surface area (Å²) < 4.78 is 24.2. The van der Waals surface area contributed by atoms with Gasteiger partial charge in [0.15, 0.2) is 23.4 Å². The lowest BCUT2D eigenvalue weighted by molar-refractivity contribution is 0.214. The molecule has 25 heavy (non-hydrogen) atoms. The molecule has 0 amide bonds. The lowest BCUT2D eigenvalue weighted by atomic mass is 10.3. The van der Waals surface area contributed by atoms with E-state index in [1.54, 1.807) is 25.1 Å². The Morgan fingerprint density at radius 3 is 2.76 bits per heavy atom. The molecule has 2 aromatic rings. The number of halogens is 2. The number of aromatic nitrogens is 2. The van der Waals surface area contributed by atoms with Gasteiger partial charge in [0, 0.05) is 6.54 Å². The molecule has 0 spiro atoms. The topological polar surface area (TPSA) is 84.6 Å². The summed E-state index contributed by atoms with van der Waals surface area (Å²) in [5, 5.41) is 9.97. The number of rotatable bonds is 7. The SMILES string of the molecule is CCNC(=NCc1nc(C)no1)NCC(C)Oc1ccccc1F.I. The minimum atomic E-state index is -0.378. The van der Waals surface area contributed by atoms with Crippen molar-refractivity contribution in [2.75, 3.05) is 13.1 Å². The van der Waals surface area contributed by atoms with Crippen LogP contribution in [0.15, 0.2) is 33.8 Å². The molecule has 0 saturated carbocycles. The summed E-state index contributed by atoms with van der Waals surface area (Å²) in [6, 6.07) is 6.33. The van der Waals surface area contributed by atoms with Crippen molar-refractivity contribution < 1.29 is 13.7 Å². The van der Waals surface area contributed by atoms with Crippen LogP contribution in [0.1, 0.15) is 25.6 Å². The highest BCUT2D eigenvalue weighted by atomic mass is 127. The number of aliphatic imine (C=N–C) groups is 1. The third kappa shape index (κ3) is 7.24. The quantitative estimate of drug-likeness (QED) is 0.373. The molecule has 1 aromatic heterocycles. The van der Waals surface area contributed by atoms with Crippen LogP contribution in [0, 0.1) is 12.7 Å². The number of aryl methyl sites for hydroxylation is 1. The normalized spacial score (nSPS) is 12.2. The number of nitrogens with zero attached hydrogens (tertiary/aromatic N) is 3. The number of para-hydroxylation sites is 1. The second-order valence-corrected chi connectivity index (χ2v) is 5.17. The van der Waals surface area contributed by atoms with Crippen molar-refractivity contribution >= 4 is 29.9 Å². The van der Waals surface area contributed by atoms with E-state index < -0.39 is 0 Å². The average molecular weight is 463 g/mol. The maximum Gasteiger partial charge on any atom is 0.248 e. The maximum absolute atomic E-state index is 13.6. The first kappa shape index (κ1) is 21.1. The van der Waals surface area contributed by atoms with Crippen molar-refractivity contribution in [3.8, 4) is 5.75 Å². The van der Waals surface area contributed by atoms with Crippen LogP contribution in [-0.2, 0) is 6.54 Å². The highest BCUT2D eigenvalue weighted by Crippen LogP contribution is 2.16. The molecule has 0 aliphatic carbocycles. The lowest BCUT2D eigenvalue weighted by Gasteiger charge is -2.17. The second-order valence-electron chi connectivity index (χ2n) is 5.17. The number of benzene rings is 1. The van der Waals surface area contributed by atoms with Gasteiger partial charge in [0.05, 0.1) is 6.54 Å². The lowest BCUT2D eigenvalue weighted by Crippen LogP contribution is -2.41. The zero-order valence-electron chi connectivity index (χ0n) is 14.5. The van der Waals surface area contributed by atoms with E-state index in [0.29, 0.717) is 30.8 Å². The molecule has 2 rings (SSSR count). The van der Waals surface area contributed by atoms with Crippen LogP contribution in [0.4, 0.5) is 4.39 Å². The summed E-state index contributed by atoms with van der Waals surface area (Å²) in [6.07, 6.45) is -0.239. The molecular weight excluding hydrogens is 440 g/mol. The molecule has 0 saturated heterocycles. The van der Waals surface area contributed by atoms with Gasteiger partial charge in [0.25, 0.3) is 0 Å². The minimum absolute atomic E-state index is 0. The molecule has 0 bridgehead atoms. The van der Waals surface area contributed by atoms with Crippen molar-refractivity contribution in [3.63, 3.8) is 0 Å². The van der Waals surface area contributed by atoms with Crippen LogP contribution in [0.3, 0.4) is 0 Å². The van der Waals surface area contributed by atoms with Gasteiger partial charge in [-0.3, -0.25) is 0 Å².